The van der Waals surface area contributed by atoms with Crippen LogP contribution in [0.2, 0.25) is 0 Å². The van der Waals surface area contributed by atoms with Gasteiger partial charge < -0.3 is 15.5 Å². The SMILES string of the molecule is N#Cc1cc(-c2ccnc(CC3CCNCC3)c2)nc(N2CCNCC2)c1. The van der Waals surface area contributed by atoms with Gasteiger partial charge in [0.2, 0.25) is 0 Å². The lowest BCUT2D eigenvalue weighted by molar-refractivity contribution is 0.370. The predicted octanol–water partition coefficient (Wildman–Crippen LogP) is 1.97. The molecule has 0 spiro atoms. The van der Waals surface area contributed by atoms with Gasteiger partial charge in [-0.15, -0.1) is 0 Å². The standard InChI is InChI=1S/C21H26N6/c22-15-17-12-20(26-21(13-17)27-9-7-24-8-10-27)18-3-6-25-19(14-18)11-16-1-4-23-5-2-16/h3,6,12-14,16,23-24H,1-2,4-5,7-11H2. The molecule has 0 unspecified atom stereocenters. The van der Waals surface area contributed by atoms with Crippen LogP contribution in [-0.4, -0.2) is 49.2 Å². The van der Waals surface area contributed by atoms with Crippen LogP contribution < -0.4 is 15.5 Å². The van der Waals surface area contributed by atoms with Crippen LogP contribution in [0.25, 0.3) is 11.3 Å². The first-order valence-corrected chi connectivity index (χ1v) is 9.86. The molecule has 2 aromatic rings. The highest BCUT2D eigenvalue weighted by Crippen LogP contribution is 2.25. The van der Waals surface area contributed by atoms with Crippen molar-refractivity contribution in [1.82, 2.24) is 20.6 Å². The van der Waals surface area contributed by atoms with Crippen molar-refractivity contribution in [3.8, 4) is 17.3 Å². The molecular weight excluding hydrogens is 336 g/mol. The lowest BCUT2D eigenvalue weighted by Gasteiger charge is -2.28. The average Bonchev–Trinajstić information content (AvgIpc) is 2.75. The Morgan fingerprint density at radius 1 is 1.07 bits per heavy atom. The Balaban J connectivity index is 1.60. The molecule has 6 heteroatoms. The number of aromatic nitrogens is 2. The maximum Gasteiger partial charge on any atom is 0.130 e. The van der Waals surface area contributed by atoms with Crippen molar-refractivity contribution in [1.29, 1.82) is 5.26 Å². The fourth-order valence-corrected chi connectivity index (χ4v) is 3.92. The number of piperidine rings is 1. The number of hydrogen-bond donors (Lipinski definition) is 2. The zero-order valence-electron chi connectivity index (χ0n) is 15.6. The Labute approximate surface area is 160 Å². The van der Waals surface area contributed by atoms with Crippen molar-refractivity contribution in [3.05, 3.63) is 41.7 Å². The third-order valence-electron chi connectivity index (χ3n) is 5.45. The molecule has 2 fully saturated rings. The average molecular weight is 362 g/mol. The summed E-state index contributed by atoms with van der Waals surface area (Å²) in [6, 6.07) is 10.2. The van der Waals surface area contributed by atoms with Gasteiger partial charge in [0.1, 0.15) is 5.82 Å². The first-order chi connectivity index (χ1) is 13.3. The van der Waals surface area contributed by atoms with Gasteiger partial charge in [0.25, 0.3) is 0 Å². The predicted molar refractivity (Wildman–Crippen MR) is 107 cm³/mol. The van der Waals surface area contributed by atoms with E-state index in [1.807, 2.05) is 24.4 Å². The van der Waals surface area contributed by atoms with Crippen molar-refractivity contribution in [2.24, 2.45) is 5.92 Å². The summed E-state index contributed by atoms with van der Waals surface area (Å²) >= 11 is 0. The molecule has 2 aliphatic heterocycles. The van der Waals surface area contributed by atoms with Gasteiger partial charge in [0, 0.05) is 43.6 Å². The number of pyridine rings is 2. The van der Waals surface area contributed by atoms with Gasteiger partial charge in [-0.2, -0.15) is 5.26 Å². The molecule has 0 atom stereocenters. The molecule has 0 aromatic carbocycles. The van der Waals surface area contributed by atoms with E-state index in [1.54, 1.807) is 0 Å². The lowest BCUT2D eigenvalue weighted by Crippen LogP contribution is -2.43. The van der Waals surface area contributed by atoms with Gasteiger partial charge >= 0.3 is 0 Å². The molecular formula is C21H26N6. The minimum absolute atomic E-state index is 0.658. The topological polar surface area (TPSA) is 76.9 Å². The lowest BCUT2D eigenvalue weighted by atomic mass is 9.92. The summed E-state index contributed by atoms with van der Waals surface area (Å²) in [5.41, 5.74) is 3.68. The van der Waals surface area contributed by atoms with Crippen LogP contribution in [0.3, 0.4) is 0 Å². The smallest absolute Gasteiger partial charge is 0.130 e. The third kappa shape index (κ3) is 4.44. The van der Waals surface area contributed by atoms with Gasteiger partial charge in [0.15, 0.2) is 0 Å². The highest BCUT2D eigenvalue weighted by atomic mass is 15.2. The summed E-state index contributed by atoms with van der Waals surface area (Å²) in [6.45, 7) is 5.93. The number of nitrogens with zero attached hydrogens (tertiary/aromatic N) is 4. The zero-order chi connectivity index (χ0) is 18.5. The second-order valence-electron chi connectivity index (χ2n) is 7.38. The van der Waals surface area contributed by atoms with E-state index in [9.17, 15) is 5.26 Å². The molecule has 0 amide bonds. The Morgan fingerprint density at radius 3 is 2.63 bits per heavy atom. The number of nitriles is 1. The second-order valence-corrected chi connectivity index (χ2v) is 7.38. The number of piperazine rings is 1. The Bertz CT molecular complexity index is 816. The van der Waals surface area contributed by atoms with E-state index >= 15 is 0 Å². The minimum atomic E-state index is 0.658. The van der Waals surface area contributed by atoms with Gasteiger partial charge in [-0.1, -0.05) is 0 Å². The molecule has 4 heterocycles. The van der Waals surface area contributed by atoms with Crippen LogP contribution in [0.15, 0.2) is 30.5 Å². The first-order valence-electron chi connectivity index (χ1n) is 9.86. The Kier molecular flexibility index (Phi) is 5.61. The maximum absolute atomic E-state index is 9.48. The fourth-order valence-electron chi connectivity index (χ4n) is 3.92. The monoisotopic (exact) mass is 362 g/mol. The molecule has 4 rings (SSSR count). The summed E-state index contributed by atoms with van der Waals surface area (Å²) in [7, 11) is 0. The Hall–Kier alpha value is -2.49. The molecule has 0 bridgehead atoms. The summed E-state index contributed by atoms with van der Waals surface area (Å²) in [5, 5.41) is 16.3. The van der Waals surface area contributed by atoms with E-state index in [-0.39, 0.29) is 0 Å². The van der Waals surface area contributed by atoms with E-state index in [0.717, 1.165) is 68.5 Å². The summed E-state index contributed by atoms with van der Waals surface area (Å²) < 4.78 is 0. The van der Waals surface area contributed by atoms with Gasteiger partial charge in [-0.3, -0.25) is 4.98 Å². The number of nitrogens with one attached hydrogen (secondary N) is 2. The molecule has 2 aliphatic rings. The van der Waals surface area contributed by atoms with Crippen LogP contribution in [0.5, 0.6) is 0 Å². The third-order valence-corrected chi connectivity index (χ3v) is 5.45. The molecule has 6 nitrogen and oxygen atoms in total. The van der Waals surface area contributed by atoms with Crippen molar-refractivity contribution in [2.75, 3.05) is 44.2 Å². The van der Waals surface area contributed by atoms with Crippen LogP contribution in [0.4, 0.5) is 5.82 Å². The Morgan fingerprint density at radius 2 is 1.85 bits per heavy atom. The molecule has 0 saturated carbocycles. The van der Waals surface area contributed by atoms with Gasteiger partial charge in [-0.25, -0.2) is 4.98 Å². The normalized spacial score (nSPS) is 18.3. The second kappa shape index (κ2) is 8.47. The van der Waals surface area contributed by atoms with Crippen molar-refractivity contribution >= 4 is 5.82 Å². The van der Waals surface area contributed by atoms with Crippen LogP contribution in [0.1, 0.15) is 24.1 Å². The molecule has 2 aromatic heterocycles. The van der Waals surface area contributed by atoms with E-state index < -0.39 is 0 Å². The van der Waals surface area contributed by atoms with Crippen LogP contribution >= 0.6 is 0 Å². The van der Waals surface area contributed by atoms with E-state index in [1.165, 1.54) is 12.8 Å². The number of anilines is 1. The number of hydrogen-bond acceptors (Lipinski definition) is 6. The van der Waals surface area contributed by atoms with Crippen molar-refractivity contribution < 1.29 is 0 Å². The van der Waals surface area contributed by atoms with E-state index in [4.69, 9.17) is 4.98 Å². The molecule has 2 N–H and O–H groups in total. The highest BCUT2D eigenvalue weighted by molar-refractivity contribution is 5.64. The quantitative estimate of drug-likeness (QED) is 0.866. The number of rotatable bonds is 4. The summed E-state index contributed by atoms with van der Waals surface area (Å²) in [6.07, 6.45) is 5.30. The largest absolute Gasteiger partial charge is 0.354 e. The minimum Gasteiger partial charge on any atom is -0.354 e. The zero-order valence-corrected chi connectivity index (χ0v) is 15.6. The van der Waals surface area contributed by atoms with Gasteiger partial charge in [0.05, 0.1) is 17.3 Å². The van der Waals surface area contributed by atoms with Gasteiger partial charge in [-0.05, 0) is 62.5 Å². The van der Waals surface area contributed by atoms with E-state index in [0.29, 0.717) is 11.5 Å². The van der Waals surface area contributed by atoms with Crippen molar-refractivity contribution in [3.63, 3.8) is 0 Å². The maximum atomic E-state index is 9.48. The van der Waals surface area contributed by atoms with Crippen molar-refractivity contribution in [2.45, 2.75) is 19.3 Å². The highest BCUT2D eigenvalue weighted by Gasteiger charge is 2.16. The first kappa shape index (κ1) is 17.9. The summed E-state index contributed by atoms with van der Waals surface area (Å²) in [4.78, 5) is 11.7. The summed E-state index contributed by atoms with van der Waals surface area (Å²) in [5.74, 6) is 1.59. The molecule has 27 heavy (non-hydrogen) atoms. The molecule has 140 valence electrons. The molecule has 0 aliphatic carbocycles. The fraction of sp³-hybridized carbons (Fsp3) is 0.476. The molecule has 0 radical (unpaired) electrons. The van der Waals surface area contributed by atoms with Crippen LogP contribution in [0, 0.1) is 17.2 Å². The van der Waals surface area contributed by atoms with Crippen LogP contribution in [-0.2, 0) is 6.42 Å². The van der Waals surface area contributed by atoms with E-state index in [2.05, 4.69) is 32.7 Å². The molecule has 2 saturated heterocycles.